The molecule has 0 amide bonds. The molecule has 0 atom stereocenters. The maximum atomic E-state index is 5.74. The Morgan fingerprint density at radius 3 is 2.65 bits per heavy atom. The lowest BCUT2D eigenvalue weighted by Gasteiger charge is -2.05. The Morgan fingerprint density at radius 1 is 1.18 bits per heavy atom. The van der Waals surface area contributed by atoms with Crippen molar-refractivity contribution < 1.29 is 0 Å². The van der Waals surface area contributed by atoms with Gasteiger partial charge in [0.15, 0.2) is 0 Å². The maximum Gasteiger partial charge on any atom is 0.0835 e. The third kappa shape index (κ3) is 2.64. The summed E-state index contributed by atoms with van der Waals surface area (Å²) in [6.07, 6.45) is 3.68. The van der Waals surface area contributed by atoms with Gasteiger partial charge in [-0.15, -0.1) is 0 Å². The molecule has 0 unspecified atom stereocenters. The molecule has 4 nitrogen and oxygen atoms in total. The second-order valence-corrected chi connectivity index (χ2v) is 4.07. The van der Waals surface area contributed by atoms with Crippen molar-refractivity contribution in [2.75, 3.05) is 5.73 Å². The Hall–Kier alpha value is -1.84. The van der Waals surface area contributed by atoms with E-state index in [4.69, 9.17) is 5.73 Å². The minimum absolute atomic E-state index is 0.689. The van der Waals surface area contributed by atoms with E-state index in [1.54, 1.807) is 12.3 Å². The van der Waals surface area contributed by atoms with Gasteiger partial charge in [-0.05, 0) is 31.0 Å². The number of aromatic nitrogens is 3. The van der Waals surface area contributed by atoms with E-state index in [9.17, 15) is 0 Å². The van der Waals surface area contributed by atoms with Crippen LogP contribution in [0.4, 0.5) is 5.69 Å². The zero-order chi connectivity index (χ0) is 12.3. The second kappa shape index (κ2) is 4.99. The van der Waals surface area contributed by atoms with Crippen LogP contribution in [0.1, 0.15) is 30.9 Å². The lowest BCUT2D eigenvalue weighted by Crippen LogP contribution is -2.07. The first-order valence-corrected chi connectivity index (χ1v) is 5.99. The van der Waals surface area contributed by atoms with Crippen LogP contribution in [0, 0.1) is 0 Å². The van der Waals surface area contributed by atoms with Crippen molar-refractivity contribution in [2.45, 2.75) is 33.2 Å². The quantitative estimate of drug-likeness (QED) is 0.874. The monoisotopic (exact) mass is 230 g/mol. The predicted octanol–water partition coefficient (Wildman–Crippen LogP) is 2.03. The Bertz CT molecular complexity index is 502. The summed E-state index contributed by atoms with van der Waals surface area (Å²) in [6, 6.07) is 5.85. The number of anilines is 1. The molecule has 0 saturated heterocycles. The normalized spacial score (nSPS) is 10.7. The predicted molar refractivity (Wildman–Crippen MR) is 68.7 cm³/mol. The molecule has 17 heavy (non-hydrogen) atoms. The van der Waals surface area contributed by atoms with Gasteiger partial charge in [0.1, 0.15) is 0 Å². The molecule has 0 fully saturated rings. The van der Waals surface area contributed by atoms with Gasteiger partial charge < -0.3 is 5.73 Å². The summed E-state index contributed by atoms with van der Waals surface area (Å²) in [5.74, 6) is 0. The van der Waals surface area contributed by atoms with E-state index in [2.05, 4.69) is 30.0 Å². The number of nitrogens with two attached hydrogens (primary N) is 1. The number of hydrogen-bond donors (Lipinski definition) is 1. The fraction of sp³-hybridized carbons (Fsp3) is 0.385. The number of aryl methyl sites for hydroxylation is 2. The van der Waals surface area contributed by atoms with E-state index in [-0.39, 0.29) is 0 Å². The average molecular weight is 230 g/mol. The van der Waals surface area contributed by atoms with Crippen molar-refractivity contribution in [3.05, 3.63) is 41.5 Å². The first-order valence-electron chi connectivity index (χ1n) is 5.99. The minimum Gasteiger partial charge on any atom is -0.399 e. The molecule has 0 bridgehead atoms. The van der Waals surface area contributed by atoms with E-state index in [0.29, 0.717) is 6.54 Å². The Kier molecular flexibility index (Phi) is 3.42. The molecule has 4 heteroatoms. The molecule has 2 aromatic heterocycles. The third-order valence-corrected chi connectivity index (χ3v) is 2.79. The summed E-state index contributed by atoms with van der Waals surface area (Å²) in [7, 11) is 0. The Morgan fingerprint density at radius 2 is 2.00 bits per heavy atom. The van der Waals surface area contributed by atoms with Gasteiger partial charge in [0.2, 0.25) is 0 Å². The molecular formula is C13H18N4. The summed E-state index contributed by atoms with van der Waals surface area (Å²) in [5, 5.41) is 4.56. The van der Waals surface area contributed by atoms with Crippen molar-refractivity contribution in [1.29, 1.82) is 0 Å². The molecule has 90 valence electrons. The van der Waals surface area contributed by atoms with Gasteiger partial charge in [0.05, 0.1) is 17.9 Å². The van der Waals surface area contributed by atoms with E-state index >= 15 is 0 Å². The lowest BCUT2D eigenvalue weighted by molar-refractivity contribution is 0.630. The molecular weight excluding hydrogens is 212 g/mol. The van der Waals surface area contributed by atoms with Gasteiger partial charge in [-0.2, -0.15) is 5.10 Å². The molecule has 0 spiro atoms. The highest BCUT2D eigenvalue weighted by Gasteiger charge is 2.06. The van der Waals surface area contributed by atoms with Crippen molar-refractivity contribution in [2.24, 2.45) is 0 Å². The topological polar surface area (TPSA) is 56.7 Å². The summed E-state index contributed by atoms with van der Waals surface area (Å²) < 4.78 is 2.01. The van der Waals surface area contributed by atoms with E-state index in [0.717, 1.165) is 29.9 Å². The van der Waals surface area contributed by atoms with Gasteiger partial charge in [-0.25, -0.2) is 0 Å². The second-order valence-electron chi connectivity index (χ2n) is 4.07. The summed E-state index contributed by atoms with van der Waals surface area (Å²) in [4.78, 5) is 4.30. The number of pyridine rings is 1. The van der Waals surface area contributed by atoms with Gasteiger partial charge in [-0.3, -0.25) is 9.67 Å². The van der Waals surface area contributed by atoms with Crippen LogP contribution in [0.3, 0.4) is 0 Å². The fourth-order valence-corrected chi connectivity index (χ4v) is 1.85. The molecule has 2 aromatic rings. The van der Waals surface area contributed by atoms with E-state index in [1.807, 2.05) is 10.7 Å². The first-order chi connectivity index (χ1) is 8.22. The molecule has 0 aromatic carbocycles. The zero-order valence-electron chi connectivity index (χ0n) is 10.3. The van der Waals surface area contributed by atoms with Crippen LogP contribution in [-0.4, -0.2) is 14.8 Å². The van der Waals surface area contributed by atoms with Gasteiger partial charge in [0, 0.05) is 17.6 Å². The fourth-order valence-electron chi connectivity index (χ4n) is 1.85. The van der Waals surface area contributed by atoms with Crippen LogP contribution in [-0.2, 0) is 19.4 Å². The van der Waals surface area contributed by atoms with Crippen molar-refractivity contribution in [3.8, 4) is 0 Å². The molecule has 2 N–H and O–H groups in total. The summed E-state index contributed by atoms with van der Waals surface area (Å²) in [6.45, 7) is 4.94. The highest BCUT2D eigenvalue weighted by Crippen LogP contribution is 2.10. The first kappa shape index (κ1) is 11.6. The molecule has 0 saturated carbocycles. The summed E-state index contributed by atoms with van der Waals surface area (Å²) >= 11 is 0. The van der Waals surface area contributed by atoms with E-state index < -0.39 is 0 Å². The van der Waals surface area contributed by atoms with Crippen LogP contribution >= 0.6 is 0 Å². The number of nitrogens with zero attached hydrogens (tertiary/aromatic N) is 3. The molecule has 0 aliphatic heterocycles. The van der Waals surface area contributed by atoms with E-state index in [1.165, 1.54) is 5.69 Å². The SMILES string of the molecule is CCc1cc(CC)n(Cc2cc(N)ccn2)n1. The number of rotatable bonds is 4. The van der Waals surface area contributed by atoms with Gasteiger partial charge in [-0.1, -0.05) is 13.8 Å². The van der Waals surface area contributed by atoms with Crippen LogP contribution in [0.5, 0.6) is 0 Å². The lowest BCUT2D eigenvalue weighted by atomic mass is 10.2. The number of nitrogen functional groups attached to an aromatic ring is 1. The molecule has 0 aliphatic rings. The van der Waals surface area contributed by atoms with Crippen LogP contribution < -0.4 is 5.73 Å². The number of hydrogen-bond acceptors (Lipinski definition) is 3. The molecule has 0 radical (unpaired) electrons. The minimum atomic E-state index is 0.689. The maximum absolute atomic E-state index is 5.74. The Labute approximate surface area is 101 Å². The van der Waals surface area contributed by atoms with Crippen molar-refractivity contribution in [1.82, 2.24) is 14.8 Å². The van der Waals surface area contributed by atoms with Crippen molar-refractivity contribution >= 4 is 5.69 Å². The van der Waals surface area contributed by atoms with Crippen LogP contribution in [0.15, 0.2) is 24.4 Å². The zero-order valence-corrected chi connectivity index (χ0v) is 10.3. The highest BCUT2D eigenvalue weighted by molar-refractivity contribution is 5.37. The highest BCUT2D eigenvalue weighted by atomic mass is 15.3. The third-order valence-electron chi connectivity index (χ3n) is 2.79. The Balaban J connectivity index is 2.25. The molecule has 2 heterocycles. The summed E-state index contributed by atoms with van der Waals surface area (Å²) in [5.41, 5.74) is 9.81. The standard InChI is InChI=1S/C13H18N4/c1-3-11-8-13(4-2)17(16-11)9-12-7-10(14)5-6-15-12/h5-8H,3-4,9H2,1-2H3,(H2,14,15). The van der Waals surface area contributed by atoms with Gasteiger partial charge >= 0.3 is 0 Å². The molecule has 2 rings (SSSR count). The van der Waals surface area contributed by atoms with Crippen LogP contribution in [0.25, 0.3) is 0 Å². The average Bonchev–Trinajstić information content (AvgIpc) is 2.71. The smallest absolute Gasteiger partial charge is 0.0835 e. The molecule has 0 aliphatic carbocycles. The largest absolute Gasteiger partial charge is 0.399 e. The van der Waals surface area contributed by atoms with Crippen molar-refractivity contribution in [3.63, 3.8) is 0 Å². The van der Waals surface area contributed by atoms with Gasteiger partial charge in [0.25, 0.3) is 0 Å². The van der Waals surface area contributed by atoms with Crippen LogP contribution in [0.2, 0.25) is 0 Å².